The molecule has 8 rings (SSSR count). The third-order valence-electron chi connectivity index (χ3n) is 11.6. The van der Waals surface area contributed by atoms with Crippen LogP contribution in [0.25, 0.3) is 0 Å². The molecular weight excluding hydrogens is 584 g/mol. The van der Waals surface area contributed by atoms with Gasteiger partial charge in [-0.25, -0.2) is 0 Å². The second-order valence-corrected chi connectivity index (χ2v) is 15.4. The van der Waals surface area contributed by atoms with Crippen LogP contribution in [0.2, 0.25) is 0 Å². The standard InChI is InChI=1S/C38H44O8/c1-19(2)9-10-24-32-28(25-17-36(8,44-32)13-12-23(25)20(3)4)31(41)29-30(40)26-15-22-16-27-35(6,7)46-37(34(22)42,14-11-21(5)43-18-39)38(26,27)45-33(24)29/h9,11,14-15,18,21-23,25,27,41H,3,10,12-13,16-17H2,1-2,4-8H3/b14-11+/t21?,22?,23?,25-,27?,36-,37-,38-/m1/s1. The maximum atomic E-state index is 15.0. The molecular formula is C38H44O8. The van der Waals surface area contributed by atoms with E-state index in [1.165, 1.54) is 0 Å². The predicted octanol–water partition coefficient (Wildman–Crippen LogP) is 6.64. The fourth-order valence-corrected chi connectivity index (χ4v) is 9.52. The molecule has 7 aliphatic rings. The van der Waals surface area contributed by atoms with Crippen LogP contribution in [0.5, 0.6) is 17.2 Å². The number of carbonyl (C=O) groups is 3. The molecule has 1 aromatic rings. The highest BCUT2D eigenvalue weighted by Crippen LogP contribution is 2.69. The number of benzene rings is 1. The normalized spacial score (nSPS) is 36.5. The molecule has 6 bridgehead atoms. The lowest BCUT2D eigenvalue weighted by Crippen LogP contribution is -2.71. The van der Waals surface area contributed by atoms with Crippen LogP contribution in [0.3, 0.4) is 0 Å². The Bertz CT molecular complexity index is 1690. The molecule has 0 radical (unpaired) electrons. The zero-order valence-electron chi connectivity index (χ0n) is 27.8. The van der Waals surface area contributed by atoms with Gasteiger partial charge < -0.3 is 24.1 Å². The minimum atomic E-state index is -1.64. The van der Waals surface area contributed by atoms with Gasteiger partial charge in [-0.2, -0.15) is 0 Å². The van der Waals surface area contributed by atoms with Gasteiger partial charge in [-0.05, 0) is 98.6 Å². The summed E-state index contributed by atoms with van der Waals surface area (Å²) in [5.41, 5.74) is -0.480. The molecule has 3 fully saturated rings. The van der Waals surface area contributed by atoms with Crippen molar-refractivity contribution in [3.8, 4) is 17.2 Å². The highest BCUT2D eigenvalue weighted by molar-refractivity contribution is 6.19. The molecule has 3 aliphatic heterocycles. The van der Waals surface area contributed by atoms with Crippen molar-refractivity contribution in [1.29, 1.82) is 0 Å². The van der Waals surface area contributed by atoms with E-state index < -0.39 is 34.4 Å². The quantitative estimate of drug-likeness (QED) is 0.265. The van der Waals surface area contributed by atoms with Crippen LogP contribution < -0.4 is 9.47 Å². The van der Waals surface area contributed by atoms with Crippen LogP contribution in [0.4, 0.5) is 0 Å². The predicted molar refractivity (Wildman–Crippen MR) is 171 cm³/mol. The van der Waals surface area contributed by atoms with Crippen molar-refractivity contribution >= 4 is 18.0 Å². The average Bonchev–Trinajstić information content (AvgIpc) is 3.12. The number of phenolic OH excluding ortho intramolecular Hbond substituents is 1. The van der Waals surface area contributed by atoms with E-state index in [0.717, 1.165) is 24.0 Å². The lowest BCUT2D eigenvalue weighted by molar-refractivity contribution is -0.160. The summed E-state index contributed by atoms with van der Waals surface area (Å²) in [7, 11) is 0. The van der Waals surface area contributed by atoms with Gasteiger partial charge in [0.05, 0.1) is 5.60 Å². The van der Waals surface area contributed by atoms with Crippen LogP contribution in [0.15, 0.2) is 47.6 Å². The molecule has 244 valence electrons. The fourth-order valence-electron chi connectivity index (χ4n) is 9.52. The number of phenols is 1. The number of fused-ring (bicyclic) bond motifs is 5. The Morgan fingerprint density at radius 3 is 2.59 bits per heavy atom. The second kappa shape index (κ2) is 9.93. The van der Waals surface area contributed by atoms with Crippen LogP contribution in [-0.4, -0.2) is 51.7 Å². The smallest absolute Gasteiger partial charge is 0.293 e. The molecule has 2 saturated carbocycles. The maximum Gasteiger partial charge on any atom is 0.293 e. The topological polar surface area (TPSA) is 108 Å². The molecule has 4 aliphatic carbocycles. The minimum absolute atomic E-state index is 0.0650. The third-order valence-corrected chi connectivity index (χ3v) is 11.6. The summed E-state index contributed by atoms with van der Waals surface area (Å²) in [6.07, 6.45) is 9.74. The minimum Gasteiger partial charge on any atom is -0.507 e. The average molecular weight is 629 g/mol. The van der Waals surface area contributed by atoms with Crippen LogP contribution in [0, 0.1) is 17.8 Å². The zero-order chi connectivity index (χ0) is 33.1. The molecule has 8 heteroatoms. The van der Waals surface area contributed by atoms with Gasteiger partial charge in [-0.3, -0.25) is 14.4 Å². The molecule has 8 atom stereocenters. The lowest BCUT2D eigenvalue weighted by atomic mass is 9.51. The van der Waals surface area contributed by atoms with Crippen molar-refractivity contribution < 1.29 is 38.4 Å². The van der Waals surface area contributed by atoms with Gasteiger partial charge in [0.1, 0.15) is 34.5 Å². The first-order chi connectivity index (χ1) is 21.6. The highest BCUT2D eigenvalue weighted by Gasteiger charge is 2.81. The molecule has 46 heavy (non-hydrogen) atoms. The molecule has 0 aromatic heterocycles. The molecule has 8 nitrogen and oxygen atoms in total. The Balaban J connectivity index is 1.52. The zero-order valence-corrected chi connectivity index (χ0v) is 27.8. The van der Waals surface area contributed by atoms with Crippen LogP contribution in [-0.2, 0) is 25.5 Å². The van der Waals surface area contributed by atoms with Crippen LogP contribution >= 0.6 is 0 Å². The van der Waals surface area contributed by atoms with Crippen molar-refractivity contribution in [1.82, 2.24) is 0 Å². The number of allylic oxidation sites excluding steroid dienone is 4. The summed E-state index contributed by atoms with van der Waals surface area (Å²) in [6.45, 7) is 18.4. The van der Waals surface area contributed by atoms with Crippen molar-refractivity contribution in [3.05, 3.63) is 64.3 Å². The maximum absolute atomic E-state index is 15.0. The Morgan fingerprint density at radius 2 is 1.91 bits per heavy atom. The van der Waals surface area contributed by atoms with Crippen molar-refractivity contribution in [2.24, 2.45) is 17.8 Å². The Hall–Kier alpha value is -3.65. The van der Waals surface area contributed by atoms with E-state index in [2.05, 4.69) is 19.6 Å². The third kappa shape index (κ3) is 3.91. The van der Waals surface area contributed by atoms with Gasteiger partial charge in [-0.15, -0.1) is 0 Å². The number of carbonyl (C=O) groups excluding carboxylic acids is 3. The van der Waals surface area contributed by atoms with Gasteiger partial charge in [0.2, 0.25) is 0 Å². The first-order valence-corrected chi connectivity index (χ1v) is 16.5. The first-order valence-electron chi connectivity index (χ1n) is 16.5. The molecule has 1 saturated heterocycles. The van der Waals surface area contributed by atoms with Crippen molar-refractivity contribution in [3.63, 3.8) is 0 Å². The number of hydrogen-bond donors (Lipinski definition) is 1. The van der Waals surface area contributed by atoms with Gasteiger partial charge in [0.15, 0.2) is 22.8 Å². The summed E-state index contributed by atoms with van der Waals surface area (Å²) in [5, 5.41) is 12.2. The van der Waals surface area contributed by atoms with E-state index in [0.29, 0.717) is 48.2 Å². The summed E-state index contributed by atoms with van der Waals surface area (Å²) < 4.78 is 25.9. The van der Waals surface area contributed by atoms with Crippen molar-refractivity contribution in [2.45, 2.75) is 115 Å². The number of rotatable bonds is 7. The largest absolute Gasteiger partial charge is 0.507 e. The number of ether oxygens (including phenoxy) is 4. The number of aromatic hydroxyl groups is 1. The molecule has 0 amide bonds. The fraction of sp³-hybridized carbons (Fsp3) is 0.553. The van der Waals surface area contributed by atoms with E-state index >= 15 is 0 Å². The lowest BCUT2D eigenvalue weighted by Gasteiger charge is -2.56. The SMILES string of the molecule is C=C(C)C1CC[C@]2(C)C[C@H]1c1c(O)c3c(c(CC=C(C)C)c1O2)O[C@]12C(=CC4CC1C(C)(C)O[C@]2(/C=C/C(C)OC=O)C4=O)C3=O. The highest BCUT2D eigenvalue weighted by atomic mass is 16.6. The molecule has 1 aromatic carbocycles. The Kier molecular flexibility index (Phi) is 6.68. The van der Waals surface area contributed by atoms with E-state index in [1.54, 1.807) is 25.2 Å². The second-order valence-electron chi connectivity index (χ2n) is 15.4. The monoisotopic (exact) mass is 628 g/mol. The van der Waals surface area contributed by atoms with E-state index in [-0.39, 0.29) is 46.4 Å². The van der Waals surface area contributed by atoms with Gasteiger partial charge in [-0.1, -0.05) is 29.9 Å². The van der Waals surface area contributed by atoms with E-state index in [1.807, 2.05) is 34.6 Å². The molecule has 1 spiro atoms. The summed E-state index contributed by atoms with van der Waals surface area (Å²) in [5.74, 6) is -0.685. The van der Waals surface area contributed by atoms with E-state index in [4.69, 9.17) is 18.9 Å². The number of Topliss-reactive ketones (excluding diaryl/α,β-unsaturated/α-hetero) is 2. The first kappa shape index (κ1) is 31.0. The number of hydrogen-bond acceptors (Lipinski definition) is 8. The van der Waals surface area contributed by atoms with Gasteiger partial charge in [0.25, 0.3) is 6.47 Å². The summed E-state index contributed by atoms with van der Waals surface area (Å²) in [6, 6.07) is 0. The van der Waals surface area contributed by atoms with E-state index in [9.17, 15) is 19.5 Å². The summed E-state index contributed by atoms with van der Waals surface area (Å²) in [4.78, 5) is 40.4. The Morgan fingerprint density at radius 1 is 1.17 bits per heavy atom. The van der Waals surface area contributed by atoms with Crippen LogP contribution in [0.1, 0.15) is 102 Å². The summed E-state index contributed by atoms with van der Waals surface area (Å²) >= 11 is 0. The molecule has 3 heterocycles. The number of ketones is 2. The van der Waals surface area contributed by atoms with Crippen molar-refractivity contribution in [2.75, 3.05) is 0 Å². The molecule has 4 unspecified atom stereocenters. The molecule has 1 N–H and O–H groups in total. The Labute approximate surface area is 270 Å². The van der Waals surface area contributed by atoms with Gasteiger partial charge in [0, 0.05) is 34.5 Å². The van der Waals surface area contributed by atoms with Gasteiger partial charge >= 0.3 is 0 Å².